The number of carbonyl (C=O) groups excluding carboxylic acids is 1. The van der Waals surface area contributed by atoms with Crippen LogP contribution < -0.4 is 5.32 Å². The van der Waals surface area contributed by atoms with E-state index in [1.54, 1.807) is 4.68 Å². The lowest BCUT2D eigenvalue weighted by atomic mass is 9.76. The molecule has 3 aliphatic rings. The van der Waals surface area contributed by atoms with Crippen LogP contribution in [0.25, 0.3) is 16.8 Å². The SMILES string of the molecule is Cn1cc(-c2ccc3c(n2)CC=C3c2ccc3c(c2)C2(CCCCC2)NC3=O)cn1. The van der Waals surface area contributed by atoms with Gasteiger partial charge in [0.15, 0.2) is 0 Å². The van der Waals surface area contributed by atoms with E-state index in [1.807, 2.05) is 25.5 Å². The van der Waals surface area contributed by atoms with Crippen molar-refractivity contribution in [2.24, 2.45) is 7.05 Å². The monoisotopic (exact) mass is 396 g/mol. The molecule has 3 heterocycles. The third-order valence-corrected chi connectivity index (χ3v) is 6.92. The summed E-state index contributed by atoms with van der Waals surface area (Å²) in [5.41, 5.74) is 8.59. The van der Waals surface area contributed by atoms with Crippen LogP contribution >= 0.6 is 0 Å². The molecule has 1 spiro atoms. The Labute approximate surface area is 175 Å². The molecule has 1 amide bonds. The van der Waals surface area contributed by atoms with Crippen LogP contribution in [0.3, 0.4) is 0 Å². The number of aromatic nitrogens is 3. The number of aryl methyl sites for hydroxylation is 1. The molecular weight excluding hydrogens is 372 g/mol. The van der Waals surface area contributed by atoms with E-state index in [1.165, 1.54) is 41.5 Å². The van der Waals surface area contributed by atoms with E-state index >= 15 is 0 Å². The molecule has 5 nitrogen and oxygen atoms in total. The van der Waals surface area contributed by atoms with Crippen LogP contribution in [0.2, 0.25) is 0 Å². The highest BCUT2D eigenvalue weighted by molar-refractivity contribution is 6.01. The third-order valence-electron chi connectivity index (χ3n) is 6.92. The van der Waals surface area contributed by atoms with Gasteiger partial charge < -0.3 is 5.32 Å². The minimum Gasteiger partial charge on any atom is -0.342 e. The lowest BCUT2D eigenvalue weighted by Gasteiger charge is -2.34. The topological polar surface area (TPSA) is 59.8 Å². The second-order valence-corrected chi connectivity index (χ2v) is 8.77. The van der Waals surface area contributed by atoms with Gasteiger partial charge in [0.05, 0.1) is 23.1 Å². The second kappa shape index (κ2) is 6.39. The highest BCUT2D eigenvalue weighted by atomic mass is 16.2. The average molecular weight is 396 g/mol. The van der Waals surface area contributed by atoms with Crippen molar-refractivity contribution in [2.45, 2.75) is 44.1 Å². The maximum absolute atomic E-state index is 12.6. The van der Waals surface area contributed by atoms with Gasteiger partial charge in [0, 0.05) is 36.4 Å². The van der Waals surface area contributed by atoms with Crippen LogP contribution in [0.4, 0.5) is 0 Å². The van der Waals surface area contributed by atoms with Crippen molar-refractivity contribution in [1.82, 2.24) is 20.1 Å². The fraction of sp³-hybridized carbons (Fsp3) is 0.320. The largest absolute Gasteiger partial charge is 0.342 e. The Morgan fingerprint density at radius 2 is 1.87 bits per heavy atom. The van der Waals surface area contributed by atoms with Gasteiger partial charge in [-0.3, -0.25) is 14.5 Å². The molecule has 2 aliphatic carbocycles. The number of fused-ring (bicyclic) bond motifs is 3. The number of allylic oxidation sites excluding steroid dienone is 1. The van der Waals surface area contributed by atoms with Crippen molar-refractivity contribution >= 4 is 11.5 Å². The number of nitrogens with zero attached hydrogens (tertiary/aromatic N) is 3. The fourth-order valence-electron chi connectivity index (χ4n) is 5.41. The fourth-order valence-corrected chi connectivity index (χ4v) is 5.41. The number of carbonyl (C=O) groups is 1. The molecule has 1 aliphatic heterocycles. The summed E-state index contributed by atoms with van der Waals surface area (Å²) < 4.78 is 1.80. The number of pyridine rings is 1. The Hall–Kier alpha value is -3.21. The minimum absolute atomic E-state index is 0.0852. The molecule has 0 radical (unpaired) electrons. The predicted octanol–water partition coefficient (Wildman–Crippen LogP) is 4.37. The van der Waals surface area contributed by atoms with Gasteiger partial charge in [-0.2, -0.15) is 5.10 Å². The van der Waals surface area contributed by atoms with Crippen LogP contribution in [-0.4, -0.2) is 20.7 Å². The first kappa shape index (κ1) is 17.6. The van der Waals surface area contributed by atoms with E-state index < -0.39 is 0 Å². The maximum Gasteiger partial charge on any atom is 0.252 e. The van der Waals surface area contributed by atoms with E-state index in [4.69, 9.17) is 4.98 Å². The van der Waals surface area contributed by atoms with Crippen LogP contribution in [0.1, 0.15) is 64.8 Å². The zero-order chi connectivity index (χ0) is 20.3. The molecule has 0 unspecified atom stereocenters. The molecule has 3 aromatic rings. The van der Waals surface area contributed by atoms with E-state index in [2.05, 4.69) is 40.8 Å². The standard InChI is InChI=1S/C25H24N4O/c1-29-15-17(14-26-29)22-9-8-19-18(7-10-23(19)27-22)16-5-6-20-21(13-16)25(28-24(20)30)11-3-2-4-12-25/h5-9,13-15H,2-4,10-12H2,1H3,(H,28,30). The number of amides is 1. The first-order chi connectivity index (χ1) is 14.6. The van der Waals surface area contributed by atoms with Gasteiger partial charge in [-0.05, 0) is 47.7 Å². The van der Waals surface area contributed by atoms with Crippen molar-refractivity contribution in [2.75, 3.05) is 0 Å². The van der Waals surface area contributed by atoms with Gasteiger partial charge in [0.2, 0.25) is 0 Å². The molecule has 1 fully saturated rings. The van der Waals surface area contributed by atoms with E-state index in [0.717, 1.165) is 41.8 Å². The number of hydrogen-bond donors (Lipinski definition) is 1. The van der Waals surface area contributed by atoms with Crippen molar-refractivity contribution in [3.8, 4) is 11.3 Å². The first-order valence-corrected chi connectivity index (χ1v) is 10.8. The van der Waals surface area contributed by atoms with Crippen molar-refractivity contribution in [3.63, 3.8) is 0 Å². The smallest absolute Gasteiger partial charge is 0.252 e. The zero-order valence-corrected chi connectivity index (χ0v) is 17.1. The number of benzene rings is 1. The molecule has 0 atom stereocenters. The van der Waals surface area contributed by atoms with Gasteiger partial charge >= 0.3 is 0 Å². The highest BCUT2D eigenvalue weighted by Gasteiger charge is 2.43. The predicted molar refractivity (Wildman–Crippen MR) is 116 cm³/mol. The summed E-state index contributed by atoms with van der Waals surface area (Å²) in [7, 11) is 1.92. The number of rotatable bonds is 2. The summed E-state index contributed by atoms with van der Waals surface area (Å²) in [5, 5.41) is 7.58. The molecule has 30 heavy (non-hydrogen) atoms. The van der Waals surface area contributed by atoms with Gasteiger partial charge in [-0.15, -0.1) is 0 Å². The summed E-state index contributed by atoms with van der Waals surface area (Å²) in [4.78, 5) is 17.5. The quantitative estimate of drug-likeness (QED) is 0.700. The Kier molecular flexibility index (Phi) is 3.76. The molecule has 2 aromatic heterocycles. The third kappa shape index (κ3) is 2.58. The van der Waals surface area contributed by atoms with Crippen LogP contribution in [0.15, 0.2) is 48.8 Å². The van der Waals surface area contributed by atoms with Crippen LogP contribution in [0.5, 0.6) is 0 Å². The zero-order valence-electron chi connectivity index (χ0n) is 17.1. The lowest BCUT2D eigenvalue weighted by Crippen LogP contribution is -2.40. The Morgan fingerprint density at radius 3 is 2.67 bits per heavy atom. The van der Waals surface area contributed by atoms with E-state index in [9.17, 15) is 4.79 Å². The Balaban J connectivity index is 1.38. The summed E-state index contributed by atoms with van der Waals surface area (Å²) in [6.45, 7) is 0. The summed E-state index contributed by atoms with van der Waals surface area (Å²) >= 11 is 0. The Bertz CT molecular complexity index is 1210. The molecular formula is C25H24N4O. The van der Waals surface area contributed by atoms with Gasteiger partial charge in [-0.1, -0.05) is 37.5 Å². The molecule has 5 heteroatoms. The normalized spacial score (nSPS) is 18.8. The molecule has 150 valence electrons. The van der Waals surface area contributed by atoms with Gasteiger partial charge in [-0.25, -0.2) is 0 Å². The van der Waals surface area contributed by atoms with Crippen molar-refractivity contribution in [3.05, 3.63) is 76.7 Å². The van der Waals surface area contributed by atoms with Gasteiger partial charge in [0.25, 0.3) is 5.91 Å². The summed E-state index contributed by atoms with van der Waals surface area (Å²) in [6, 6.07) is 10.6. The minimum atomic E-state index is -0.162. The molecule has 0 saturated heterocycles. The van der Waals surface area contributed by atoms with Crippen molar-refractivity contribution in [1.29, 1.82) is 0 Å². The van der Waals surface area contributed by atoms with Crippen molar-refractivity contribution < 1.29 is 4.79 Å². The first-order valence-electron chi connectivity index (χ1n) is 10.8. The van der Waals surface area contributed by atoms with Crippen LogP contribution in [0, 0.1) is 0 Å². The summed E-state index contributed by atoms with van der Waals surface area (Å²) in [6.07, 6.45) is 12.6. The molecule has 1 N–H and O–H groups in total. The molecule has 1 saturated carbocycles. The van der Waals surface area contributed by atoms with Gasteiger partial charge in [0.1, 0.15) is 0 Å². The van der Waals surface area contributed by atoms with Crippen LogP contribution in [-0.2, 0) is 19.0 Å². The summed E-state index contributed by atoms with van der Waals surface area (Å²) in [5.74, 6) is 0.0852. The lowest BCUT2D eigenvalue weighted by molar-refractivity contribution is 0.0909. The number of nitrogens with one attached hydrogen (secondary N) is 1. The molecule has 0 bridgehead atoms. The van der Waals surface area contributed by atoms with E-state index in [0.29, 0.717) is 0 Å². The molecule has 6 rings (SSSR count). The Morgan fingerprint density at radius 1 is 1.03 bits per heavy atom. The molecule has 1 aromatic carbocycles. The number of hydrogen-bond acceptors (Lipinski definition) is 3. The maximum atomic E-state index is 12.6. The highest BCUT2D eigenvalue weighted by Crippen LogP contribution is 2.44. The second-order valence-electron chi connectivity index (χ2n) is 8.77. The van der Waals surface area contributed by atoms with E-state index in [-0.39, 0.29) is 11.4 Å². The average Bonchev–Trinajstić information content (AvgIpc) is 3.45.